The molecule has 2 aromatic carbocycles. The van der Waals surface area contributed by atoms with E-state index in [1.807, 2.05) is 18.4 Å². The quantitative estimate of drug-likeness (QED) is 0.513. The lowest BCUT2D eigenvalue weighted by Gasteiger charge is -2.08. The average molecular weight is 305 g/mol. The van der Waals surface area contributed by atoms with Gasteiger partial charge in [-0.15, -0.1) is 11.8 Å². The van der Waals surface area contributed by atoms with Crippen LogP contribution in [0.5, 0.6) is 11.5 Å². The van der Waals surface area contributed by atoms with E-state index in [1.54, 1.807) is 23.9 Å². The SMILES string of the molecule is CSc1ccc(Oc2cccc(C(=O)O)c2[N+](=O)[O-])cc1. The van der Waals surface area contributed by atoms with Crippen molar-refractivity contribution in [1.29, 1.82) is 0 Å². The summed E-state index contributed by atoms with van der Waals surface area (Å²) in [6.07, 6.45) is 1.93. The molecule has 0 atom stereocenters. The van der Waals surface area contributed by atoms with E-state index in [2.05, 4.69) is 0 Å². The van der Waals surface area contributed by atoms with Gasteiger partial charge in [-0.3, -0.25) is 10.1 Å². The fourth-order valence-electron chi connectivity index (χ4n) is 1.74. The largest absolute Gasteiger partial charge is 0.477 e. The Hall–Kier alpha value is -2.54. The van der Waals surface area contributed by atoms with Crippen molar-refractivity contribution in [1.82, 2.24) is 0 Å². The molecule has 0 aliphatic heterocycles. The molecule has 2 rings (SSSR count). The van der Waals surface area contributed by atoms with Gasteiger partial charge in [0.15, 0.2) is 0 Å². The number of nitro benzene ring substituents is 1. The molecule has 0 aliphatic carbocycles. The summed E-state index contributed by atoms with van der Waals surface area (Å²) in [6, 6.07) is 10.9. The summed E-state index contributed by atoms with van der Waals surface area (Å²) in [5.41, 5.74) is -0.961. The number of nitrogens with zero attached hydrogens (tertiary/aromatic N) is 1. The minimum atomic E-state index is -1.37. The van der Waals surface area contributed by atoms with Crippen LogP contribution in [0.4, 0.5) is 5.69 Å². The van der Waals surface area contributed by atoms with Gasteiger partial charge < -0.3 is 9.84 Å². The predicted octanol–water partition coefficient (Wildman–Crippen LogP) is 3.81. The Bertz CT molecular complexity index is 684. The van der Waals surface area contributed by atoms with Crippen molar-refractivity contribution in [3.05, 3.63) is 58.1 Å². The highest BCUT2D eigenvalue weighted by Crippen LogP contribution is 2.34. The lowest BCUT2D eigenvalue weighted by molar-refractivity contribution is -0.386. The fraction of sp³-hybridized carbons (Fsp3) is 0.0714. The number of carboxylic acids is 1. The van der Waals surface area contributed by atoms with Crippen LogP contribution >= 0.6 is 11.8 Å². The van der Waals surface area contributed by atoms with Gasteiger partial charge in [0.05, 0.1) is 4.92 Å². The summed E-state index contributed by atoms with van der Waals surface area (Å²) in [5.74, 6) is -1.07. The molecule has 0 amide bonds. The van der Waals surface area contributed by atoms with E-state index in [9.17, 15) is 14.9 Å². The number of para-hydroxylation sites is 1. The number of ether oxygens (including phenoxy) is 1. The summed E-state index contributed by atoms with van der Waals surface area (Å²) >= 11 is 1.56. The maximum Gasteiger partial charge on any atom is 0.342 e. The first-order valence-electron chi connectivity index (χ1n) is 5.85. The van der Waals surface area contributed by atoms with E-state index < -0.39 is 22.1 Å². The van der Waals surface area contributed by atoms with Gasteiger partial charge in [0.25, 0.3) is 0 Å². The Morgan fingerprint density at radius 2 is 1.90 bits per heavy atom. The maximum absolute atomic E-state index is 11.1. The van der Waals surface area contributed by atoms with Gasteiger partial charge in [0.1, 0.15) is 11.3 Å². The molecule has 0 fully saturated rings. The van der Waals surface area contributed by atoms with E-state index >= 15 is 0 Å². The van der Waals surface area contributed by atoms with Crippen molar-refractivity contribution in [2.75, 3.05) is 6.26 Å². The standard InChI is InChI=1S/C14H11NO5S/c1-21-10-7-5-9(6-8-10)20-12-4-2-3-11(14(16)17)13(12)15(18)19/h2-8H,1H3,(H,16,17). The highest BCUT2D eigenvalue weighted by Gasteiger charge is 2.25. The molecule has 0 saturated carbocycles. The molecule has 21 heavy (non-hydrogen) atoms. The van der Waals surface area contributed by atoms with Crippen molar-refractivity contribution in [2.45, 2.75) is 4.90 Å². The Balaban J connectivity index is 2.41. The minimum absolute atomic E-state index is 0.100. The van der Waals surface area contributed by atoms with Gasteiger partial charge in [-0.2, -0.15) is 0 Å². The van der Waals surface area contributed by atoms with E-state index in [1.165, 1.54) is 18.2 Å². The first-order chi connectivity index (χ1) is 10.0. The van der Waals surface area contributed by atoms with Crippen LogP contribution in [0.25, 0.3) is 0 Å². The van der Waals surface area contributed by atoms with E-state index in [-0.39, 0.29) is 5.75 Å². The molecule has 108 valence electrons. The molecule has 0 unspecified atom stereocenters. The second-order valence-corrected chi connectivity index (χ2v) is 4.87. The van der Waals surface area contributed by atoms with Crippen LogP contribution in [-0.2, 0) is 0 Å². The monoisotopic (exact) mass is 305 g/mol. The molecule has 6 nitrogen and oxygen atoms in total. The van der Waals surface area contributed by atoms with Gasteiger partial charge in [-0.05, 0) is 42.7 Å². The van der Waals surface area contributed by atoms with Crippen LogP contribution in [0.15, 0.2) is 47.4 Å². The number of hydrogen-bond donors (Lipinski definition) is 1. The number of aromatic carboxylic acids is 1. The molecular weight excluding hydrogens is 294 g/mol. The van der Waals surface area contributed by atoms with Crippen LogP contribution in [0.1, 0.15) is 10.4 Å². The lowest BCUT2D eigenvalue weighted by atomic mass is 10.1. The number of carboxylic acid groups (broad SMARTS) is 1. The normalized spacial score (nSPS) is 10.1. The van der Waals surface area contributed by atoms with Gasteiger partial charge in [0, 0.05) is 4.90 Å². The maximum atomic E-state index is 11.1. The van der Waals surface area contributed by atoms with Crippen LogP contribution in [-0.4, -0.2) is 22.3 Å². The molecule has 0 saturated heterocycles. The molecule has 0 aliphatic rings. The molecule has 0 aromatic heterocycles. The third-order valence-electron chi connectivity index (χ3n) is 2.70. The Morgan fingerprint density at radius 1 is 1.24 bits per heavy atom. The molecule has 2 aromatic rings. The summed E-state index contributed by atoms with van der Waals surface area (Å²) < 4.78 is 5.45. The van der Waals surface area contributed by atoms with Crippen LogP contribution < -0.4 is 4.74 Å². The molecule has 0 bridgehead atoms. The predicted molar refractivity (Wildman–Crippen MR) is 78.4 cm³/mol. The number of nitro groups is 1. The van der Waals surface area contributed by atoms with Crippen molar-refractivity contribution >= 4 is 23.4 Å². The zero-order valence-corrected chi connectivity index (χ0v) is 11.8. The third-order valence-corrected chi connectivity index (χ3v) is 3.44. The van der Waals surface area contributed by atoms with Crippen molar-refractivity contribution in [3.8, 4) is 11.5 Å². The van der Waals surface area contributed by atoms with Crippen LogP contribution in [0.3, 0.4) is 0 Å². The van der Waals surface area contributed by atoms with Gasteiger partial charge >= 0.3 is 11.7 Å². The van der Waals surface area contributed by atoms with Crippen LogP contribution in [0.2, 0.25) is 0 Å². The highest BCUT2D eigenvalue weighted by atomic mass is 32.2. The summed E-state index contributed by atoms with van der Waals surface area (Å²) in [5, 5.41) is 20.1. The average Bonchev–Trinajstić information content (AvgIpc) is 2.47. The first-order valence-corrected chi connectivity index (χ1v) is 7.08. The van der Waals surface area contributed by atoms with Crippen molar-refractivity contribution in [3.63, 3.8) is 0 Å². The molecule has 1 N–H and O–H groups in total. The molecule has 0 heterocycles. The summed E-state index contributed by atoms with van der Waals surface area (Å²) in [6.45, 7) is 0. The highest BCUT2D eigenvalue weighted by molar-refractivity contribution is 7.98. The molecule has 0 radical (unpaired) electrons. The number of benzene rings is 2. The fourth-order valence-corrected chi connectivity index (χ4v) is 2.14. The number of thioether (sulfide) groups is 1. The second kappa shape index (κ2) is 6.27. The zero-order chi connectivity index (χ0) is 15.4. The van der Waals surface area contributed by atoms with E-state index in [0.29, 0.717) is 5.75 Å². The van der Waals surface area contributed by atoms with Gasteiger partial charge in [-0.1, -0.05) is 6.07 Å². The first kappa shape index (κ1) is 14.9. The zero-order valence-electron chi connectivity index (χ0n) is 11.0. The van der Waals surface area contributed by atoms with E-state index in [0.717, 1.165) is 4.90 Å². The molecular formula is C14H11NO5S. The molecule has 7 heteroatoms. The van der Waals surface area contributed by atoms with Crippen molar-refractivity contribution < 1.29 is 19.6 Å². The van der Waals surface area contributed by atoms with Gasteiger partial charge in [0.2, 0.25) is 5.75 Å². The summed E-state index contributed by atoms with van der Waals surface area (Å²) in [4.78, 5) is 22.4. The Kier molecular flexibility index (Phi) is 4.44. The minimum Gasteiger partial charge on any atom is -0.477 e. The van der Waals surface area contributed by atoms with Crippen molar-refractivity contribution in [2.24, 2.45) is 0 Å². The van der Waals surface area contributed by atoms with E-state index in [4.69, 9.17) is 9.84 Å². The third kappa shape index (κ3) is 3.32. The lowest BCUT2D eigenvalue weighted by Crippen LogP contribution is -2.04. The smallest absolute Gasteiger partial charge is 0.342 e. The number of hydrogen-bond acceptors (Lipinski definition) is 5. The number of rotatable bonds is 5. The second-order valence-electron chi connectivity index (χ2n) is 3.99. The number of carbonyl (C=O) groups is 1. The summed E-state index contributed by atoms with van der Waals surface area (Å²) in [7, 11) is 0. The Labute approximate surface area is 124 Å². The molecule has 0 spiro atoms. The van der Waals surface area contributed by atoms with Crippen LogP contribution in [0, 0.1) is 10.1 Å². The topological polar surface area (TPSA) is 89.7 Å². The Morgan fingerprint density at radius 3 is 2.43 bits per heavy atom. The van der Waals surface area contributed by atoms with Gasteiger partial charge in [-0.25, -0.2) is 4.79 Å².